The third-order valence-corrected chi connectivity index (χ3v) is 4.96. The Kier molecular flexibility index (Phi) is 4.29. The summed E-state index contributed by atoms with van der Waals surface area (Å²) in [4.78, 5) is 8.87. The van der Waals surface area contributed by atoms with Crippen LogP contribution in [0.1, 0.15) is 16.6 Å². The van der Waals surface area contributed by atoms with E-state index in [0.717, 1.165) is 23.7 Å². The van der Waals surface area contributed by atoms with Crippen LogP contribution in [0.15, 0.2) is 12.4 Å². The van der Waals surface area contributed by atoms with Crippen LogP contribution < -0.4 is 5.32 Å². The maximum atomic E-state index is 4.44. The first-order valence-electron chi connectivity index (χ1n) is 5.05. The summed E-state index contributed by atoms with van der Waals surface area (Å²) in [5.41, 5.74) is 1.15. The highest BCUT2D eigenvalue weighted by atomic mass is 32.2. The Morgan fingerprint density at radius 2 is 2.20 bits per heavy atom. The largest absolute Gasteiger partial charge is 0.316 e. The maximum Gasteiger partial charge on any atom is 0.141 e. The highest BCUT2D eigenvalue weighted by Gasteiger charge is 2.18. The summed E-state index contributed by atoms with van der Waals surface area (Å²) >= 11 is 3.97. The summed E-state index contributed by atoms with van der Waals surface area (Å²) in [7, 11) is 1.93. The first-order chi connectivity index (χ1) is 7.40. The van der Waals surface area contributed by atoms with E-state index in [9.17, 15) is 0 Å². The third kappa shape index (κ3) is 3.09. The van der Waals surface area contributed by atoms with Crippen LogP contribution >= 0.6 is 23.5 Å². The molecule has 2 heterocycles. The first-order valence-corrected chi connectivity index (χ1v) is 7.25. The van der Waals surface area contributed by atoms with Crippen molar-refractivity contribution in [2.75, 3.05) is 24.3 Å². The molecule has 1 unspecified atom stereocenters. The van der Waals surface area contributed by atoms with Crippen molar-refractivity contribution < 1.29 is 0 Å². The summed E-state index contributed by atoms with van der Waals surface area (Å²) in [5.74, 6) is 4.62. The lowest BCUT2D eigenvalue weighted by Crippen LogP contribution is -2.11. The lowest BCUT2D eigenvalue weighted by atomic mass is 10.3. The Morgan fingerprint density at radius 1 is 1.40 bits per heavy atom. The van der Waals surface area contributed by atoms with Gasteiger partial charge in [-0.1, -0.05) is 0 Å². The fourth-order valence-electron chi connectivity index (χ4n) is 1.46. The normalized spacial score (nSPS) is 21.5. The van der Waals surface area contributed by atoms with E-state index >= 15 is 0 Å². The summed E-state index contributed by atoms with van der Waals surface area (Å²) < 4.78 is 0. The zero-order valence-corrected chi connectivity index (χ0v) is 10.4. The zero-order chi connectivity index (χ0) is 10.5. The molecule has 1 saturated heterocycles. The molecule has 1 aliphatic heterocycles. The molecular formula is C10H15N3S2. The van der Waals surface area contributed by atoms with E-state index in [1.807, 2.05) is 43.0 Å². The number of thioether (sulfide) groups is 2. The van der Waals surface area contributed by atoms with Crippen LogP contribution in [-0.4, -0.2) is 34.3 Å². The van der Waals surface area contributed by atoms with Gasteiger partial charge in [0.2, 0.25) is 0 Å². The van der Waals surface area contributed by atoms with Crippen LogP contribution in [0.3, 0.4) is 0 Å². The molecule has 0 amide bonds. The molecule has 1 aromatic rings. The van der Waals surface area contributed by atoms with Crippen LogP contribution in [-0.2, 0) is 6.54 Å². The lowest BCUT2D eigenvalue weighted by molar-refractivity contribution is 0.795. The number of rotatable bonds is 3. The van der Waals surface area contributed by atoms with Crippen LogP contribution in [0.5, 0.6) is 0 Å². The van der Waals surface area contributed by atoms with E-state index < -0.39 is 0 Å². The van der Waals surface area contributed by atoms with E-state index in [4.69, 9.17) is 0 Å². The van der Waals surface area contributed by atoms with Gasteiger partial charge in [-0.25, -0.2) is 9.97 Å². The highest BCUT2D eigenvalue weighted by Crippen LogP contribution is 2.34. The van der Waals surface area contributed by atoms with Crippen molar-refractivity contribution in [3.8, 4) is 0 Å². The van der Waals surface area contributed by atoms with Crippen LogP contribution in [0.4, 0.5) is 0 Å². The quantitative estimate of drug-likeness (QED) is 0.872. The minimum absolute atomic E-state index is 0.493. The topological polar surface area (TPSA) is 37.8 Å². The molecule has 0 aliphatic carbocycles. The SMILES string of the molecule is CNCc1cnc(C2CSCCS2)nc1. The average Bonchev–Trinajstić information content (AvgIpc) is 2.32. The van der Waals surface area contributed by atoms with Crippen molar-refractivity contribution in [2.45, 2.75) is 11.8 Å². The molecule has 1 N–H and O–H groups in total. The van der Waals surface area contributed by atoms with Gasteiger partial charge in [-0.05, 0) is 7.05 Å². The second-order valence-corrected chi connectivity index (χ2v) is 5.87. The third-order valence-electron chi connectivity index (χ3n) is 2.21. The monoisotopic (exact) mass is 241 g/mol. The number of nitrogens with zero attached hydrogens (tertiary/aromatic N) is 2. The van der Waals surface area contributed by atoms with Crippen molar-refractivity contribution in [3.05, 3.63) is 23.8 Å². The highest BCUT2D eigenvalue weighted by molar-refractivity contribution is 8.06. The summed E-state index contributed by atoms with van der Waals surface area (Å²) in [5, 5.41) is 3.59. The fourth-order valence-corrected chi connectivity index (χ4v) is 4.08. The molecule has 1 aliphatic rings. The van der Waals surface area contributed by atoms with Gasteiger partial charge in [-0.3, -0.25) is 0 Å². The molecule has 1 atom stereocenters. The van der Waals surface area contributed by atoms with Gasteiger partial charge in [0, 0.05) is 41.8 Å². The lowest BCUT2D eigenvalue weighted by Gasteiger charge is -2.19. The van der Waals surface area contributed by atoms with Crippen molar-refractivity contribution in [1.29, 1.82) is 0 Å². The van der Waals surface area contributed by atoms with Crippen LogP contribution in [0.25, 0.3) is 0 Å². The fraction of sp³-hybridized carbons (Fsp3) is 0.600. The Labute approximate surface area is 98.9 Å². The van der Waals surface area contributed by atoms with E-state index in [0.29, 0.717) is 5.25 Å². The van der Waals surface area contributed by atoms with Crippen LogP contribution in [0.2, 0.25) is 0 Å². The molecule has 2 rings (SSSR count). The number of hydrogen-bond acceptors (Lipinski definition) is 5. The molecule has 5 heteroatoms. The summed E-state index contributed by atoms with van der Waals surface area (Å²) in [6.45, 7) is 0.840. The predicted molar refractivity (Wildman–Crippen MR) is 67.3 cm³/mol. The molecule has 0 saturated carbocycles. The smallest absolute Gasteiger partial charge is 0.141 e. The van der Waals surface area contributed by atoms with Gasteiger partial charge in [0.05, 0.1) is 5.25 Å². The molecule has 0 aromatic carbocycles. The zero-order valence-electron chi connectivity index (χ0n) is 8.77. The molecule has 3 nitrogen and oxygen atoms in total. The second-order valence-electron chi connectivity index (χ2n) is 3.41. The molecule has 0 radical (unpaired) electrons. The van der Waals surface area contributed by atoms with Gasteiger partial charge < -0.3 is 5.32 Å². The Bertz CT molecular complexity index is 296. The first kappa shape index (κ1) is 11.2. The van der Waals surface area contributed by atoms with Gasteiger partial charge in [-0.2, -0.15) is 11.8 Å². The van der Waals surface area contributed by atoms with Crippen molar-refractivity contribution in [2.24, 2.45) is 0 Å². The standard InChI is InChI=1S/C10H15N3S2/c1-11-4-8-5-12-10(13-6-8)9-7-14-2-3-15-9/h5-6,9,11H,2-4,7H2,1H3. The van der Waals surface area contributed by atoms with Gasteiger partial charge in [-0.15, -0.1) is 11.8 Å². The number of nitrogens with one attached hydrogen (secondary N) is 1. The van der Waals surface area contributed by atoms with Crippen molar-refractivity contribution in [3.63, 3.8) is 0 Å². The maximum absolute atomic E-state index is 4.44. The van der Waals surface area contributed by atoms with Gasteiger partial charge >= 0.3 is 0 Å². The minimum atomic E-state index is 0.493. The molecular weight excluding hydrogens is 226 g/mol. The van der Waals surface area contributed by atoms with Gasteiger partial charge in [0.15, 0.2) is 0 Å². The van der Waals surface area contributed by atoms with E-state index in [1.54, 1.807) is 0 Å². The molecule has 15 heavy (non-hydrogen) atoms. The van der Waals surface area contributed by atoms with Crippen molar-refractivity contribution in [1.82, 2.24) is 15.3 Å². The minimum Gasteiger partial charge on any atom is -0.316 e. The van der Waals surface area contributed by atoms with Gasteiger partial charge in [0.25, 0.3) is 0 Å². The number of aromatic nitrogens is 2. The molecule has 0 spiro atoms. The Morgan fingerprint density at radius 3 is 2.80 bits per heavy atom. The van der Waals surface area contributed by atoms with Crippen LogP contribution in [0, 0.1) is 0 Å². The Hall–Kier alpha value is -0.260. The molecule has 0 bridgehead atoms. The average molecular weight is 241 g/mol. The number of hydrogen-bond donors (Lipinski definition) is 1. The summed E-state index contributed by atoms with van der Waals surface area (Å²) in [6, 6.07) is 0. The molecule has 1 aromatic heterocycles. The Balaban J connectivity index is 2.02. The molecule has 1 fully saturated rings. The van der Waals surface area contributed by atoms with E-state index in [1.165, 1.54) is 11.5 Å². The molecule has 82 valence electrons. The van der Waals surface area contributed by atoms with Gasteiger partial charge in [0.1, 0.15) is 5.82 Å². The van der Waals surface area contributed by atoms with E-state index in [2.05, 4.69) is 15.3 Å². The second kappa shape index (κ2) is 5.72. The van der Waals surface area contributed by atoms with Crippen molar-refractivity contribution >= 4 is 23.5 Å². The predicted octanol–water partition coefficient (Wildman–Crippen LogP) is 1.72. The van der Waals surface area contributed by atoms with E-state index in [-0.39, 0.29) is 0 Å². The summed E-state index contributed by atoms with van der Waals surface area (Å²) in [6.07, 6.45) is 3.86.